The Kier molecular flexibility index (Phi) is 6.43. The third-order valence-electron chi connectivity index (χ3n) is 5.05. The number of rotatable bonds is 7. The summed E-state index contributed by atoms with van der Waals surface area (Å²) >= 11 is 2.58. The average molecular weight is 486 g/mol. The Hall–Kier alpha value is -2.59. The van der Waals surface area contributed by atoms with Gasteiger partial charge in [-0.1, -0.05) is 53.8 Å². The summed E-state index contributed by atoms with van der Waals surface area (Å²) in [6, 6.07) is 17.0. The standard InChI is InChI=1S/C23H23N3O3S3/c1-16-12-17(2)22-19(13-16)31-23(24-22)26(14-18-8-5-4-6-9-18)20(27)15-25(3)32(28,29)21-10-7-11-30-21/h4-13H,14-15H2,1-3H3. The number of fused-ring (bicyclic) bond motifs is 1. The Bertz CT molecular complexity index is 1350. The maximum Gasteiger partial charge on any atom is 0.252 e. The van der Waals surface area contributed by atoms with E-state index in [4.69, 9.17) is 4.98 Å². The number of thiophene rings is 1. The highest BCUT2D eigenvalue weighted by Crippen LogP contribution is 2.33. The highest BCUT2D eigenvalue weighted by atomic mass is 32.2. The third kappa shape index (κ3) is 4.61. The maximum atomic E-state index is 13.4. The average Bonchev–Trinajstić information content (AvgIpc) is 3.43. The first-order chi connectivity index (χ1) is 15.3. The van der Waals surface area contributed by atoms with Crippen LogP contribution >= 0.6 is 22.7 Å². The molecule has 0 aliphatic carbocycles. The number of anilines is 1. The monoisotopic (exact) mass is 485 g/mol. The van der Waals surface area contributed by atoms with Crippen LogP contribution in [0.5, 0.6) is 0 Å². The van der Waals surface area contributed by atoms with Gasteiger partial charge >= 0.3 is 0 Å². The minimum atomic E-state index is -3.73. The van der Waals surface area contributed by atoms with Gasteiger partial charge in [0.05, 0.1) is 23.3 Å². The van der Waals surface area contributed by atoms with Gasteiger partial charge in [-0.25, -0.2) is 13.4 Å². The zero-order valence-corrected chi connectivity index (χ0v) is 20.4. The van der Waals surface area contributed by atoms with E-state index in [9.17, 15) is 13.2 Å². The van der Waals surface area contributed by atoms with Crippen LogP contribution in [0.15, 0.2) is 64.2 Å². The molecule has 0 aliphatic heterocycles. The van der Waals surface area contributed by atoms with Crippen LogP contribution in [-0.2, 0) is 21.4 Å². The first-order valence-corrected chi connectivity index (χ1v) is 13.1. The van der Waals surface area contributed by atoms with E-state index in [1.165, 1.54) is 18.4 Å². The number of carbonyl (C=O) groups excluding carboxylic acids is 1. The van der Waals surface area contributed by atoms with Gasteiger partial charge in [-0.05, 0) is 48.1 Å². The molecular formula is C23H23N3O3S3. The minimum absolute atomic E-state index is 0.216. The van der Waals surface area contributed by atoms with Crippen LogP contribution in [0.3, 0.4) is 0 Å². The minimum Gasteiger partial charge on any atom is -0.282 e. The molecule has 2 aromatic heterocycles. The van der Waals surface area contributed by atoms with Gasteiger partial charge in [0.25, 0.3) is 10.0 Å². The predicted octanol–water partition coefficient (Wildman–Crippen LogP) is 4.83. The fraction of sp³-hybridized carbons (Fsp3) is 0.217. The first kappa shape index (κ1) is 22.6. The molecule has 0 bridgehead atoms. The molecule has 1 amide bonds. The van der Waals surface area contributed by atoms with Gasteiger partial charge in [0.1, 0.15) is 4.21 Å². The smallest absolute Gasteiger partial charge is 0.252 e. The fourth-order valence-electron chi connectivity index (χ4n) is 3.43. The normalized spacial score (nSPS) is 11.9. The van der Waals surface area contributed by atoms with Gasteiger partial charge in [0.15, 0.2) is 5.13 Å². The molecule has 0 radical (unpaired) electrons. The lowest BCUT2D eigenvalue weighted by Crippen LogP contribution is -2.40. The van der Waals surface area contributed by atoms with Gasteiger partial charge < -0.3 is 0 Å². The molecule has 0 spiro atoms. The van der Waals surface area contributed by atoms with Crippen molar-refractivity contribution in [1.82, 2.24) is 9.29 Å². The number of sulfonamides is 1. The molecule has 6 nitrogen and oxygen atoms in total. The molecule has 32 heavy (non-hydrogen) atoms. The van der Waals surface area contributed by atoms with Gasteiger partial charge in [0.2, 0.25) is 5.91 Å². The second-order valence-corrected chi connectivity index (χ2v) is 11.8. The summed E-state index contributed by atoms with van der Waals surface area (Å²) in [5.41, 5.74) is 3.98. The van der Waals surface area contributed by atoms with Crippen molar-refractivity contribution < 1.29 is 13.2 Å². The van der Waals surface area contributed by atoms with E-state index in [0.29, 0.717) is 11.7 Å². The molecule has 0 fully saturated rings. The zero-order chi connectivity index (χ0) is 22.9. The number of thiazole rings is 1. The maximum absolute atomic E-state index is 13.4. The zero-order valence-electron chi connectivity index (χ0n) is 18.0. The largest absolute Gasteiger partial charge is 0.282 e. The third-order valence-corrected chi connectivity index (χ3v) is 9.25. The van der Waals surface area contributed by atoms with Crippen LogP contribution in [0.2, 0.25) is 0 Å². The van der Waals surface area contributed by atoms with Crippen LogP contribution < -0.4 is 4.90 Å². The topological polar surface area (TPSA) is 70.6 Å². The molecule has 2 aromatic carbocycles. The van der Waals surface area contributed by atoms with Crippen LogP contribution in [-0.4, -0.2) is 37.2 Å². The molecule has 9 heteroatoms. The summed E-state index contributed by atoms with van der Waals surface area (Å²) in [5.74, 6) is -0.329. The number of amides is 1. The summed E-state index contributed by atoms with van der Waals surface area (Å²) < 4.78 is 28.0. The molecule has 166 valence electrons. The van der Waals surface area contributed by atoms with Gasteiger partial charge in [-0.15, -0.1) is 11.3 Å². The number of nitrogens with zero attached hydrogens (tertiary/aromatic N) is 3. The number of hydrogen-bond donors (Lipinski definition) is 0. The first-order valence-electron chi connectivity index (χ1n) is 9.97. The lowest BCUT2D eigenvalue weighted by Gasteiger charge is -2.23. The SMILES string of the molecule is Cc1cc(C)c2nc(N(Cc3ccccc3)C(=O)CN(C)S(=O)(=O)c3cccs3)sc2c1. The van der Waals surface area contributed by atoms with Gasteiger partial charge in [-0.3, -0.25) is 9.69 Å². The molecular weight excluding hydrogens is 462 g/mol. The van der Waals surface area contributed by atoms with Crippen molar-refractivity contribution in [2.45, 2.75) is 24.6 Å². The molecule has 0 saturated carbocycles. The van der Waals surface area contributed by atoms with Crippen LogP contribution in [0, 0.1) is 13.8 Å². The van der Waals surface area contributed by atoms with Crippen molar-refractivity contribution in [2.24, 2.45) is 0 Å². The Morgan fingerprint density at radius 2 is 1.81 bits per heavy atom. The second-order valence-electron chi connectivity index (χ2n) is 7.58. The highest BCUT2D eigenvalue weighted by molar-refractivity contribution is 7.91. The molecule has 4 aromatic rings. The van der Waals surface area contributed by atoms with E-state index in [-0.39, 0.29) is 16.7 Å². The van der Waals surface area contributed by atoms with Crippen LogP contribution in [0.4, 0.5) is 5.13 Å². The Morgan fingerprint density at radius 1 is 1.06 bits per heavy atom. The number of aromatic nitrogens is 1. The van der Waals surface area contributed by atoms with E-state index >= 15 is 0 Å². The summed E-state index contributed by atoms with van der Waals surface area (Å²) in [4.78, 5) is 19.7. The lowest BCUT2D eigenvalue weighted by atomic mass is 10.1. The Balaban J connectivity index is 1.68. The predicted molar refractivity (Wildman–Crippen MR) is 131 cm³/mol. The van der Waals surface area contributed by atoms with Crippen molar-refractivity contribution in [3.63, 3.8) is 0 Å². The summed E-state index contributed by atoms with van der Waals surface area (Å²) in [5, 5.41) is 2.26. The van der Waals surface area contributed by atoms with Crippen molar-refractivity contribution >= 4 is 54.0 Å². The van der Waals surface area contributed by atoms with Gasteiger partial charge in [-0.2, -0.15) is 4.31 Å². The molecule has 0 aliphatic rings. The van der Waals surface area contributed by atoms with Crippen molar-refractivity contribution in [3.05, 3.63) is 76.7 Å². The van der Waals surface area contributed by atoms with E-state index in [1.807, 2.05) is 44.2 Å². The lowest BCUT2D eigenvalue weighted by molar-refractivity contribution is -0.118. The summed E-state index contributed by atoms with van der Waals surface area (Å²) in [6.45, 7) is 4.07. The van der Waals surface area contributed by atoms with Crippen molar-refractivity contribution in [3.8, 4) is 0 Å². The quantitative estimate of drug-likeness (QED) is 0.376. The molecule has 0 saturated heterocycles. The number of carbonyl (C=O) groups is 1. The highest BCUT2D eigenvalue weighted by Gasteiger charge is 2.28. The van der Waals surface area contributed by atoms with E-state index in [0.717, 1.165) is 42.5 Å². The van der Waals surface area contributed by atoms with Gasteiger partial charge in [0, 0.05) is 7.05 Å². The fourth-order valence-corrected chi connectivity index (χ4v) is 6.91. The molecule has 0 atom stereocenters. The Morgan fingerprint density at radius 3 is 2.50 bits per heavy atom. The number of hydrogen-bond acceptors (Lipinski definition) is 6. The second kappa shape index (κ2) is 9.11. The van der Waals surface area contributed by atoms with Crippen LogP contribution in [0.1, 0.15) is 16.7 Å². The number of benzene rings is 2. The number of likely N-dealkylation sites (N-methyl/N-ethyl adjacent to an activating group) is 1. The van der Waals surface area contributed by atoms with Crippen molar-refractivity contribution in [1.29, 1.82) is 0 Å². The van der Waals surface area contributed by atoms with Crippen LogP contribution in [0.25, 0.3) is 10.2 Å². The molecule has 4 rings (SSSR count). The summed E-state index contributed by atoms with van der Waals surface area (Å²) in [6.07, 6.45) is 0. The van der Waals surface area contributed by atoms with E-state index in [1.54, 1.807) is 22.4 Å². The molecule has 0 N–H and O–H groups in total. The number of aryl methyl sites for hydroxylation is 2. The summed E-state index contributed by atoms with van der Waals surface area (Å²) in [7, 11) is -2.30. The van der Waals surface area contributed by atoms with Crippen molar-refractivity contribution in [2.75, 3.05) is 18.5 Å². The van der Waals surface area contributed by atoms with E-state index < -0.39 is 10.0 Å². The molecule has 2 heterocycles. The van der Waals surface area contributed by atoms with E-state index in [2.05, 4.69) is 12.1 Å². The Labute approximate surface area is 195 Å². The molecule has 0 unspecified atom stereocenters.